The smallest absolute Gasteiger partial charge is 0.264 e. The summed E-state index contributed by atoms with van der Waals surface area (Å²) in [7, 11) is -4.09. The standard InChI is InChI=1S/C15H17NO5S/c1-15(2)8-11(17)13(12(18)9-15)14(19)16-22(20,21)10-6-4-3-5-7-10/h3-7,13H,8-9H2,1-2H3,(H,16,19). The van der Waals surface area contributed by atoms with Gasteiger partial charge >= 0.3 is 0 Å². The van der Waals surface area contributed by atoms with E-state index in [1.807, 2.05) is 4.72 Å². The molecule has 1 N–H and O–H groups in total. The molecule has 1 aromatic rings. The Morgan fingerprint density at radius 2 is 1.59 bits per heavy atom. The zero-order chi connectivity index (χ0) is 16.5. The molecule has 1 saturated carbocycles. The Labute approximate surface area is 129 Å². The van der Waals surface area contributed by atoms with Crippen LogP contribution in [0.15, 0.2) is 35.2 Å². The van der Waals surface area contributed by atoms with Crippen LogP contribution >= 0.6 is 0 Å². The molecule has 7 heteroatoms. The minimum atomic E-state index is -4.09. The lowest BCUT2D eigenvalue weighted by Crippen LogP contribution is -2.47. The van der Waals surface area contributed by atoms with E-state index in [4.69, 9.17) is 0 Å². The third-order valence-electron chi connectivity index (χ3n) is 3.50. The maximum absolute atomic E-state index is 12.1. The first-order valence-electron chi connectivity index (χ1n) is 6.79. The van der Waals surface area contributed by atoms with Crippen LogP contribution in [-0.2, 0) is 24.4 Å². The van der Waals surface area contributed by atoms with Crippen molar-refractivity contribution in [3.05, 3.63) is 30.3 Å². The van der Waals surface area contributed by atoms with Crippen molar-refractivity contribution in [1.82, 2.24) is 4.72 Å². The highest BCUT2D eigenvalue weighted by Crippen LogP contribution is 2.34. The monoisotopic (exact) mass is 323 g/mol. The summed E-state index contributed by atoms with van der Waals surface area (Å²) in [6, 6.07) is 7.31. The number of carbonyl (C=O) groups is 3. The first-order chi connectivity index (χ1) is 10.1. The molecule has 0 spiro atoms. The van der Waals surface area contributed by atoms with Gasteiger partial charge in [-0.3, -0.25) is 14.4 Å². The van der Waals surface area contributed by atoms with Crippen molar-refractivity contribution in [1.29, 1.82) is 0 Å². The normalized spacial score (nSPS) is 19.0. The first-order valence-corrected chi connectivity index (χ1v) is 8.28. The molecule has 0 atom stereocenters. The second kappa shape index (κ2) is 5.64. The number of ketones is 2. The van der Waals surface area contributed by atoms with Crippen molar-refractivity contribution in [3.63, 3.8) is 0 Å². The van der Waals surface area contributed by atoms with Crippen LogP contribution in [0, 0.1) is 11.3 Å². The van der Waals surface area contributed by atoms with E-state index in [2.05, 4.69) is 0 Å². The zero-order valence-electron chi connectivity index (χ0n) is 12.3. The van der Waals surface area contributed by atoms with Gasteiger partial charge in [-0.1, -0.05) is 32.0 Å². The number of rotatable bonds is 3. The highest BCUT2D eigenvalue weighted by molar-refractivity contribution is 7.90. The lowest BCUT2D eigenvalue weighted by Gasteiger charge is -2.31. The summed E-state index contributed by atoms with van der Waals surface area (Å²) in [4.78, 5) is 36.0. The van der Waals surface area contributed by atoms with Gasteiger partial charge in [0, 0.05) is 12.8 Å². The number of hydrogen-bond donors (Lipinski definition) is 1. The van der Waals surface area contributed by atoms with Crippen LogP contribution in [0.5, 0.6) is 0 Å². The molecule has 0 aliphatic heterocycles. The quantitative estimate of drug-likeness (QED) is 0.839. The summed E-state index contributed by atoms with van der Waals surface area (Å²) >= 11 is 0. The average molecular weight is 323 g/mol. The number of Topliss-reactive ketones (excluding diaryl/α,β-unsaturated/α-hetero) is 2. The summed E-state index contributed by atoms with van der Waals surface area (Å²) in [6.07, 6.45) is 0.143. The van der Waals surface area contributed by atoms with Gasteiger partial charge in [0.15, 0.2) is 17.5 Å². The highest BCUT2D eigenvalue weighted by Gasteiger charge is 2.44. The minimum absolute atomic E-state index is 0.0716. The lowest BCUT2D eigenvalue weighted by molar-refractivity contribution is -0.145. The molecule has 1 aliphatic carbocycles. The number of carbonyl (C=O) groups excluding carboxylic acids is 3. The molecule has 2 rings (SSSR count). The summed E-state index contributed by atoms with van der Waals surface area (Å²) < 4.78 is 26.0. The fraction of sp³-hybridized carbons (Fsp3) is 0.400. The van der Waals surface area contributed by atoms with Gasteiger partial charge in [0.2, 0.25) is 0 Å². The molecule has 1 amide bonds. The Hall–Kier alpha value is -2.02. The van der Waals surface area contributed by atoms with Crippen molar-refractivity contribution < 1.29 is 22.8 Å². The fourth-order valence-electron chi connectivity index (χ4n) is 2.53. The summed E-state index contributed by atoms with van der Waals surface area (Å²) in [5.74, 6) is -3.69. The average Bonchev–Trinajstić information content (AvgIpc) is 2.36. The molecular formula is C15H17NO5S. The van der Waals surface area contributed by atoms with Crippen LogP contribution in [0.2, 0.25) is 0 Å². The van der Waals surface area contributed by atoms with Crippen LogP contribution < -0.4 is 4.72 Å². The van der Waals surface area contributed by atoms with E-state index in [-0.39, 0.29) is 17.7 Å². The van der Waals surface area contributed by atoms with Gasteiger partial charge in [0.05, 0.1) is 4.90 Å². The molecular weight excluding hydrogens is 306 g/mol. The molecule has 1 fully saturated rings. The van der Waals surface area contributed by atoms with Crippen molar-refractivity contribution in [2.24, 2.45) is 11.3 Å². The third kappa shape index (κ3) is 3.41. The van der Waals surface area contributed by atoms with Crippen molar-refractivity contribution in [3.8, 4) is 0 Å². The molecule has 0 bridgehead atoms. The Kier molecular flexibility index (Phi) is 4.19. The van der Waals surface area contributed by atoms with Gasteiger partial charge < -0.3 is 0 Å². The predicted molar refractivity (Wildman–Crippen MR) is 78.3 cm³/mol. The summed E-state index contributed by atoms with van der Waals surface area (Å²) in [6.45, 7) is 3.52. The number of sulfonamides is 1. The Balaban J connectivity index is 2.19. The van der Waals surface area contributed by atoms with Crippen LogP contribution in [0.4, 0.5) is 0 Å². The molecule has 0 radical (unpaired) electrons. The zero-order valence-corrected chi connectivity index (χ0v) is 13.1. The van der Waals surface area contributed by atoms with Gasteiger partial charge in [0.25, 0.3) is 15.9 Å². The SMILES string of the molecule is CC1(C)CC(=O)C(C(=O)NS(=O)(=O)c2ccccc2)C(=O)C1. The van der Waals surface area contributed by atoms with Crippen molar-refractivity contribution in [2.45, 2.75) is 31.6 Å². The van der Waals surface area contributed by atoms with Crippen molar-refractivity contribution in [2.75, 3.05) is 0 Å². The van der Waals surface area contributed by atoms with Gasteiger partial charge in [-0.25, -0.2) is 13.1 Å². The third-order valence-corrected chi connectivity index (χ3v) is 4.86. The number of benzene rings is 1. The molecule has 6 nitrogen and oxygen atoms in total. The van der Waals surface area contributed by atoms with E-state index in [0.717, 1.165) is 0 Å². The number of nitrogens with one attached hydrogen (secondary N) is 1. The number of hydrogen-bond acceptors (Lipinski definition) is 5. The van der Waals surface area contributed by atoms with Crippen LogP contribution in [0.3, 0.4) is 0 Å². The Morgan fingerprint density at radius 1 is 1.09 bits per heavy atom. The van der Waals surface area contributed by atoms with E-state index in [1.165, 1.54) is 24.3 Å². The number of amides is 1. The molecule has 0 aromatic heterocycles. The van der Waals surface area contributed by atoms with Crippen LogP contribution in [0.25, 0.3) is 0 Å². The topological polar surface area (TPSA) is 97.4 Å². The van der Waals surface area contributed by atoms with Gasteiger partial charge in [-0.15, -0.1) is 0 Å². The van der Waals surface area contributed by atoms with Gasteiger partial charge in [-0.05, 0) is 17.5 Å². The molecule has 1 aliphatic rings. The van der Waals surface area contributed by atoms with Gasteiger partial charge in [-0.2, -0.15) is 0 Å². The van der Waals surface area contributed by atoms with E-state index >= 15 is 0 Å². The molecule has 0 heterocycles. The first kappa shape index (κ1) is 16.4. The largest absolute Gasteiger partial charge is 0.298 e. The van der Waals surface area contributed by atoms with E-state index < -0.39 is 38.8 Å². The maximum Gasteiger partial charge on any atom is 0.264 e. The van der Waals surface area contributed by atoms with Crippen LogP contribution in [-0.4, -0.2) is 25.9 Å². The van der Waals surface area contributed by atoms with E-state index in [9.17, 15) is 22.8 Å². The van der Waals surface area contributed by atoms with Crippen molar-refractivity contribution >= 4 is 27.5 Å². The molecule has 0 unspecified atom stereocenters. The van der Waals surface area contributed by atoms with E-state index in [0.29, 0.717) is 0 Å². The lowest BCUT2D eigenvalue weighted by atomic mass is 9.71. The molecule has 118 valence electrons. The maximum atomic E-state index is 12.1. The second-order valence-electron chi connectivity index (χ2n) is 6.17. The fourth-order valence-corrected chi connectivity index (χ4v) is 3.55. The van der Waals surface area contributed by atoms with Crippen LogP contribution in [0.1, 0.15) is 26.7 Å². The highest BCUT2D eigenvalue weighted by atomic mass is 32.2. The predicted octanol–water partition coefficient (Wildman–Crippen LogP) is 1.07. The summed E-state index contributed by atoms with van der Waals surface area (Å²) in [5, 5.41) is 0. The minimum Gasteiger partial charge on any atom is -0.298 e. The summed E-state index contributed by atoms with van der Waals surface area (Å²) in [5.41, 5.74) is -0.497. The molecule has 22 heavy (non-hydrogen) atoms. The molecule has 1 aromatic carbocycles. The second-order valence-corrected chi connectivity index (χ2v) is 7.85. The molecule has 0 saturated heterocycles. The van der Waals surface area contributed by atoms with Gasteiger partial charge in [0.1, 0.15) is 0 Å². The Morgan fingerprint density at radius 3 is 2.09 bits per heavy atom. The van der Waals surface area contributed by atoms with E-state index in [1.54, 1.807) is 19.9 Å². The Bertz CT molecular complexity index is 702.